The highest BCUT2D eigenvalue weighted by atomic mass is 32.2. The Morgan fingerprint density at radius 1 is 1.50 bits per heavy atom. The average Bonchev–Trinajstić information content (AvgIpc) is 2.37. The number of nitrogens with one attached hydrogen (secondary N) is 1. The van der Waals surface area contributed by atoms with Gasteiger partial charge in [-0.2, -0.15) is 5.26 Å². The second kappa shape index (κ2) is 7.20. The molecule has 0 aliphatic rings. The van der Waals surface area contributed by atoms with Crippen LogP contribution in [0.15, 0.2) is 35.2 Å². The smallest absolute Gasteiger partial charge is 0.240 e. The summed E-state index contributed by atoms with van der Waals surface area (Å²) in [6.45, 7) is 8.07. The van der Waals surface area contributed by atoms with Crippen molar-refractivity contribution in [3.63, 3.8) is 0 Å². The van der Waals surface area contributed by atoms with Crippen molar-refractivity contribution in [2.75, 3.05) is 19.8 Å². The van der Waals surface area contributed by atoms with Crippen molar-refractivity contribution in [2.45, 2.75) is 18.7 Å². The quantitative estimate of drug-likeness (QED) is 0.613. The molecule has 0 atom stereocenters. The molecule has 0 aromatic heterocycles. The van der Waals surface area contributed by atoms with Crippen LogP contribution in [0.3, 0.4) is 0 Å². The third-order valence-corrected chi connectivity index (χ3v) is 4.10. The summed E-state index contributed by atoms with van der Waals surface area (Å²) in [5.74, 6) is 0. The van der Waals surface area contributed by atoms with Crippen LogP contribution < -0.4 is 4.72 Å². The fraction of sp³-hybridized carbons (Fsp3) is 0.357. The Bertz CT molecular complexity index is 630. The van der Waals surface area contributed by atoms with E-state index in [2.05, 4.69) is 11.3 Å². The molecular weight excluding hydrogens is 276 g/mol. The van der Waals surface area contributed by atoms with E-state index in [9.17, 15) is 8.42 Å². The number of rotatable bonds is 7. The maximum atomic E-state index is 12.1. The summed E-state index contributed by atoms with van der Waals surface area (Å²) in [6, 6.07) is 6.44. The molecule has 0 radical (unpaired) electrons. The summed E-state index contributed by atoms with van der Waals surface area (Å²) < 4.78 is 31.9. The zero-order valence-electron chi connectivity index (χ0n) is 11.6. The minimum atomic E-state index is -3.58. The molecule has 5 nitrogen and oxygen atoms in total. The van der Waals surface area contributed by atoms with Gasteiger partial charge in [-0.1, -0.05) is 12.2 Å². The lowest BCUT2D eigenvalue weighted by molar-refractivity contribution is 0.162. The first-order chi connectivity index (χ1) is 9.36. The first kappa shape index (κ1) is 16.4. The lowest BCUT2D eigenvalue weighted by Gasteiger charge is -2.10. The Kier molecular flexibility index (Phi) is 5.89. The van der Waals surface area contributed by atoms with Gasteiger partial charge in [0.1, 0.15) is 0 Å². The molecule has 0 saturated carbocycles. The van der Waals surface area contributed by atoms with Gasteiger partial charge in [0.15, 0.2) is 0 Å². The highest BCUT2D eigenvalue weighted by Crippen LogP contribution is 2.16. The number of nitrogens with zero attached hydrogens (tertiary/aromatic N) is 1. The van der Waals surface area contributed by atoms with Crippen LogP contribution in [0.1, 0.15) is 18.1 Å². The molecule has 0 fully saturated rings. The van der Waals surface area contributed by atoms with Gasteiger partial charge < -0.3 is 4.74 Å². The molecule has 0 saturated heterocycles. The second-order valence-corrected chi connectivity index (χ2v) is 6.23. The van der Waals surface area contributed by atoms with Crippen LogP contribution in [0.5, 0.6) is 0 Å². The highest BCUT2D eigenvalue weighted by Gasteiger charge is 2.16. The Labute approximate surface area is 119 Å². The fourth-order valence-electron chi connectivity index (χ4n) is 1.59. The van der Waals surface area contributed by atoms with Gasteiger partial charge in [0, 0.05) is 6.54 Å². The van der Waals surface area contributed by atoms with Crippen molar-refractivity contribution < 1.29 is 13.2 Å². The molecule has 1 N–H and O–H groups in total. The van der Waals surface area contributed by atoms with Gasteiger partial charge in [-0.3, -0.25) is 0 Å². The predicted molar refractivity (Wildman–Crippen MR) is 76.7 cm³/mol. The number of sulfonamides is 1. The third kappa shape index (κ3) is 4.78. The number of hydrogen-bond acceptors (Lipinski definition) is 4. The van der Waals surface area contributed by atoms with E-state index in [4.69, 9.17) is 10.00 Å². The summed E-state index contributed by atoms with van der Waals surface area (Å²) in [4.78, 5) is 0.177. The number of benzene rings is 1. The highest BCUT2D eigenvalue weighted by molar-refractivity contribution is 7.89. The van der Waals surface area contributed by atoms with Crippen LogP contribution in [0, 0.1) is 18.3 Å². The number of aryl methyl sites for hydroxylation is 1. The minimum Gasteiger partial charge on any atom is -0.376 e. The van der Waals surface area contributed by atoms with Crippen LogP contribution in [-0.4, -0.2) is 28.2 Å². The summed E-state index contributed by atoms with van der Waals surface area (Å²) in [6.07, 6.45) is 0. The standard InChI is InChI=1S/C14H18N2O3S/c1-11(2)10-19-7-6-16-20(17,18)14-5-4-13(9-15)8-12(14)3/h4-5,8,16H,1,6-7,10H2,2-3H3. The Morgan fingerprint density at radius 2 is 2.20 bits per heavy atom. The normalized spacial score (nSPS) is 11.1. The Balaban J connectivity index is 2.65. The summed E-state index contributed by atoms with van der Waals surface area (Å²) in [5.41, 5.74) is 1.86. The van der Waals surface area contributed by atoms with Crippen molar-refractivity contribution in [1.82, 2.24) is 4.72 Å². The van der Waals surface area contributed by atoms with Crippen LogP contribution in [-0.2, 0) is 14.8 Å². The molecule has 0 spiro atoms. The van der Waals surface area contributed by atoms with E-state index in [-0.39, 0.29) is 18.0 Å². The topological polar surface area (TPSA) is 79.2 Å². The average molecular weight is 294 g/mol. The van der Waals surface area contributed by atoms with Gasteiger partial charge in [0.05, 0.1) is 29.7 Å². The van der Waals surface area contributed by atoms with Crippen LogP contribution in [0.2, 0.25) is 0 Å². The zero-order chi connectivity index (χ0) is 15.2. The fourth-order valence-corrected chi connectivity index (χ4v) is 2.83. The van der Waals surface area contributed by atoms with Gasteiger partial charge in [0.25, 0.3) is 0 Å². The Morgan fingerprint density at radius 3 is 2.75 bits per heavy atom. The van der Waals surface area contributed by atoms with Crippen molar-refractivity contribution in [1.29, 1.82) is 5.26 Å². The second-order valence-electron chi connectivity index (χ2n) is 4.50. The monoisotopic (exact) mass is 294 g/mol. The first-order valence-electron chi connectivity index (χ1n) is 6.09. The molecule has 1 aromatic carbocycles. The van der Waals surface area contributed by atoms with Crippen molar-refractivity contribution in [3.05, 3.63) is 41.5 Å². The molecule has 0 aliphatic carbocycles. The van der Waals surface area contributed by atoms with E-state index in [1.54, 1.807) is 13.0 Å². The van der Waals surface area contributed by atoms with E-state index in [0.717, 1.165) is 5.57 Å². The maximum absolute atomic E-state index is 12.1. The van der Waals surface area contributed by atoms with E-state index in [1.807, 2.05) is 13.0 Å². The maximum Gasteiger partial charge on any atom is 0.240 e. The predicted octanol–water partition coefficient (Wildman–Crippen LogP) is 1.74. The molecule has 0 aliphatic heterocycles. The summed E-state index contributed by atoms with van der Waals surface area (Å²) in [7, 11) is -3.58. The van der Waals surface area contributed by atoms with E-state index in [1.165, 1.54) is 12.1 Å². The van der Waals surface area contributed by atoms with Crippen LogP contribution >= 0.6 is 0 Å². The molecule has 0 amide bonds. The van der Waals surface area contributed by atoms with Gasteiger partial charge in [0.2, 0.25) is 10.0 Å². The van der Waals surface area contributed by atoms with Crippen molar-refractivity contribution >= 4 is 10.0 Å². The van der Waals surface area contributed by atoms with Crippen molar-refractivity contribution in [3.8, 4) is 6.07 Å². The largest absolute Gasteiger partial charge is 0.376 e. The number of nitriles is 1. The molecule has 0 unspecified atom stereocenters. The summed E-state index contributed by atoms with van der Waals surface area (Å²) >= 11 is 0. The van der Waals surface area contributed by atoms with Crippen molar-refractivity contribution in [2.24, 2.45) is 0 Å². The van der Waals surface area contributed by atoms with Gasteiger partial charge >= 0.3 is 0 Å². The van der Waals surface area contributed by atoms with E-state index >= 15 is 0 Å². The molecule has 20 heavy (non-hydrogen) atoms. The zero-order valence-corrected chi connectivity index (χ0v) is 12.5. The number of ether oxygens (including phenoxy) is 1. The minimum absolute atomic E-state index is 0.177. The first-order valence-corrected chi connectivity index (χ1v) is 7.57. The molecule has 1 aromatic rings. The van der Waals surface area contributed by atoms with Gasteiger partial charge in [-0.15, -0.1) is 0 Å². The molecule has 108 valence electrons. The van der Waals surface area contributed by atoms with Crippen LogP contribution in [0.4, 0.5) is 0 Å². The lowest BCUT2D eigenvalue weighted by Crippen LogP contribution is -2.28. The Hall–Kier alpha value is -1.68. The van der Waals surface area contributed by atoms with E-state index in [0.29, 0.717) is 17.7 Å². The molecular formula is C14H18N2O3S. The van der Waals surface area contributed by atoms with E-state index < -0.39 is 10.0 Å². The lowest BCUT2D eigenvalue weighted by atomic mass is 10.2. The molecule has 1 rings (SSSR count). The molecule has 0 heterocycles. The SMILES string of the molecule is C=C(C)COCCNS(=O)(=O)c1ccc(C#N)cc1C. The van der Waals surface area contributed by atoms with Crippen LogP contribution in [0.25, 0.3) is 0 Å². The third-order valence-electron chi connectivity index (χ3n) is 2.48. The molecule has 6 heteroatoms. The van der Waals surface area contributed by atoms with Gasteiger partial charge in [-0.25, -0.2) is 13.1 Å². The van der Waals surface area contributed by atoms with Gasteiger partial charge in [-0.05, 0) is 37.6 Å². The number of hydrogen-bond donors (Lipinski definition) is 1. The molecule has 0 bridgehead atoms. The summed E-state index contributed by atoms with van der Waals surface area (Å²) in [5, 5.41) is 8.76.